The van der Waals surface area contributed by atoms with Gasteiger partial charge < -0.3 is 20.1 Å². The quantitative estimate of drug-likeness (QED) is 0.274. The van der Waals surface area contributed by atoms with Crippen LogP contribution in [-0.4, -0.2) is 42.6 Å². The average molecular weight is 436 g/mol. The number of benzene rings is 2. The summed E-state index contributed by atoms with van der Waals surface area (Å²) in [6, 6.07) is 16.5. The maximum atomic E-state index is 5.90. The highest BCUT2D eigenvalue weighted by atomic mass is 16.5. The Bertz CT molecular complexity index is 986. The van der Waals surface area contributed by atoms with Gasteiger partial charge in [-0.2, -0.15) is 5.10 Å². The number of nitrogens with zero attached hydrogens (tertiary/aromatic N) is 3. The number of hydrogen-bond acceptors (Lipinski definition) is 4. The van der Waals surface area contributed by atoms with Crippen molar-refractivity contribution in [2.45, 2.75) is 33.5 Å². The molecule has 0 saturated carbocycles. The molecule has 1 aromatic heterocycles. The molecule has 3 aromatic rings. The van der Waals surface area contributed by atoms with Crippen LogP contribution in [0.2, 0.25) is 0 Å². The number of hydrogen-bond donors (Lipinski definition) is 2. The summed E-state index contributed by atoms with van der Waals surface area (Å²) in [6.07, 6.45) is 3.78. The molecule has 1 heterocycles. The highest BCUT2D eigenvalue weighted by Crippen LogP contribution is 2.21. The lowest BCUT2D eigenvalue weighted by molar-refractivity contribution is 0.145. The van der Waals surface area contributed by atoms with E-state index in [4.69, 9.17) is 14.5 Å². The Morgan fingerprint density at radius 3 is 2.62 bits per heavy atom. The fraction of sp³-hybridized carbons (Fsp3) is 0.360. The van der Waals surface area contributed by atoms with E-state index in [-0.39, 0.29) is 0 Å². The molecule has 0 aliphatic rings. The van der Waals surface area contributed by atoms with Gasteiger partial charge in [0.2, 0.25) is 0 Å². The zero-order chi connectivity index (χ0) is 22.6. The first-order chi connectivity index (χ1) is 15.7. The minimum Gasteiger partial charge on any atom is -0.491 e. The zero-order valence-corrected chi connectivity index (χ0v) is 19.2. The SMILES string of the molecule is CCNC(=NCc1ccc(C)cc1OCCOC)NCc1ccccc1Cn1cccn1. The second kappa shape index (κ2) is 12.5. The van der Waals surface area contributed by atoms with Gasteiger partial charge in [0.15, 0.2) is 5.96 Å². The van der Waals surface area contributed by atoms with Gasteiger partial charge in [-0.25, -0.2) is 4.99 Å². The molecule has 2 aromatic carbocycles. The Morgan fingerprint density at radius 2 is 1.88 bits per heavy atom. The van der Waals surface area contributed by atoms with Crippen molar-refractivity contribution in [3.05, 3.63) is 83.2 Å². The van der Waals surface area contributed by atoms with Crippen LogP contribution < -0.4 is 15.4 Å². The first-order valence-corrected chi connectivity index (χ1v) is 11.0. The Balaban J connectivity index is 1.68. The number of rotatable bonds is 11. The van der Waals surface area contributed by atoms with E-state index in [1.165, 1.54) is 11.1 Å². The number of aryl methyl sites for hydroxylation is 1. The maximum Gasteiger partial charge on any atom is 0.191 e. The first kappa shape index (κ1) is 23.3. The van der Waals surface area contributed by atoms with Crippen LogP contribution in [0, 0.1) is 6.92 Å². The molecular formula is C25H33N5O2. The van der Waals surface area contributed by atoms with Crippen molar-refractivity contribution in [3.63, 3.8) is 0 Å². The van der Waals surface area contributed by atoms with Crippen molar-refractivity contribution in [2.24, 2.45) is 4.99 Å². The summed E-state index contributed by atoms with van der Waals surface area (Å²) >= 11 is 0. The molecule has 7 nitrogen and oxygen atoms in total. The van der Waals surface area contributed by atoms with Gasteiger partial charge in [-0.05, 0) is 42.7 Å². The van der Waals surface area contributed by atoms with Crippen molar-refractivity contribution in [1.29, 1.82) is 0 Å². The van der Waals surface area contributed by atoms with E-state index in [1.807, 2.05) is 23.0 Å². The summed E-state index contributed by atoms with van der Waals surface area (Å²) in [5, 5.41) is 11.1. The highest BCUT2D eigenvalue weighted by molar-refractivity contribution is 5.79. The molecule has 0 amide bonds. The summed E-state index contributed by atoms with van der Waals surface area (Å²) in [6.45, 7) is 7.91. The van der Waals surface area contributed by atoms with Crippen LogP contribution in [0.3, 0.4) is 0 Å². The number of aliphatic imine (C=N–C) groups is 1. The molecule has 3 rings (SSSR count). The number of methoxy groups -OCH3 is 1. The summed E-state index contributed by atoms with van der Waals surface area (Å²) in [5.41, 5.74) is 4.64. The Kier molecular flexibility index (Phi) is 9.13. The minimum absolute atomic E-state index is 0.516. The van der Waals surface area contributed by atoms with Gasteiger partial charge in [0.05, 0.1) is 19.7 Å². The minimum atomic E-state index is 0.516. The van der Waals surface area contributed by atoms with Crippen molar-refractivity contribution in [1.82, 2.24) is 20.4 Å². The average Bonchev–Trinajstić information content (AvgIpc) is 3.31. The van der Waals surface area contributed by atoms with Gasteiger partial charge >= 0.3 is 0 Å². The van der Waals surface area contributed by atoms with Gasteiger partial charge in [-0.15, -0.1) is 0 Å². The van der Waals surface area contributed by atoms with Crippen LogP contribution in [0.1, 0.15) is 29.2 Å². The summed E-state index contributed by atoms with van der Waals surface area (Å²) in [4.78, 5) is 4.79. The molecule has 0 aliphatic carbocycles. The van der Waals surface area contributed by atoms with E-state index < -0.39 is 0 Å². The van der Waals surface area contributed by atoms with Crippen molar-refractivity contribution in [2.75, 3.05) is 26.9 Å². The van der Waals surface area contributed by atoms with Gasteiger partial charge in [0.25, 0.3) is 0 Å². The Labute approximate surface area is 190 Å². The van der Waals surface area contributed by atoms with E-state index in [0.29, 0.717) is 26.3 Å². The molecule has 2 N–H and O–H groups in total. The third-order valence-corrected chi connectivity index (χ3v) is 4.98. The second-order valence-corrected chi connectivity index (χ2v) is 7.47. The van der Waals surface area contributed by atoms with Crippen LogP contribution >= 0.6 is 0 Å². The topological polar surface area (TPSA) is 72.7 Å². The van der Waals surface area contributed by atoms with Crippen molar-refractivity contribution < 1.29 is 9.47 Å². The number of guanidine groups is 1. The molecule has 0 bridgehead atoms. The molecule has 0 radical (unpaired) electrons. The van der Waals surface area contributed by atoms with Crippen LogP contribution in [-0.2, 0) is 24.4 Å². The zero-order valence-electron chi connectivity index (χ0n) is 19.2. The normalized spacial score (nSPS) is 11.4. The van der Waals surface area contributed by atoms with E-state index >= 15 is 0 Å². The van der Waals surface area contributed by atoms with E-state index in [0.717, 1.165) is 35.9 Å². The fourth-order valence-corrected chi connectivity index (χ4v) is 3.30. The lowest BCUT2D eigenvalue weighted by Crippen LogP contribution is -2.37. The third kappa shape index (κ3) is 7.13. The maximum absolute atomic E-state index is 5.90. The summed E-state index contributed by atoms with van der Waals surface area (Å²) < 4.78 is 12.9. The van der Waals surface area contributed by atoms with E-state index in [2.05, 4.69) is 66.0 Å². The number of ether oxygens (including phenoxy) is 2. The van der Waals surface area contributed by atoms with Gasteiger partial charge in [-0.3, -0.25) is 4.68 Å². The van der Waals surface area contributed by atoms with E-state index in [1.54, 1.807) is 13.3 Å². The van der Waals surface area contributed by atoms with Crippen LogP contribution in [0.15, 0.2) is 65.9 Å². The molecular weight excluding hydrogens is 402 g/mol. The molecule has 7 heteroatoms. The van der Waals surface area contributed by atoms with E-state index in [9.17, 15) is 0 Å². The number of nitrogens with one attached hydrogen (secondary N) is 2. The lowest BCUT2D eigenvalue weighted by Gasteiger charge is -2.15. The predicted octanol–water partition coefficient (Wildman–Crippen LogP) is 3.52. The van der Waals surface area contributed by atoms with Gasteiger partial charge in [0, 0.05) is 38.2 Å². The Morgan fingerprint density at radius 1 is 1.03 bits per heavy atom. The third-order valence-electron chi connectivity index (χ3n) is 4.98. The molecule has 0 saturated heterocycles. The fourth-order valence-electron chi connectivity index (χ4n) is 3.30. The van der Waals surface area contributed by atoms with Gasteiger partial charge in [0.1, 0.15) is 12.4 Å². The second-order valence-electron chi connectivity index (χ2n) is 7.47. The van der Waals surface area contributed by atoms with Crippen molar-refractivity contribution in [3.8, 4) is 5.75 Å². The van der Waals surface area contributed by atoms with Crippen LogP contribution in [0.25, 0.3) is 0 Å². The highest BCUT2D eigenvalue weighted by Gasteiger charge is 2.07. The first-order valence-electron chi connectivity index (χ1n) is 11.0. The largest absolute Gasteiger partial charge is 0.491 e. The molecule has 0 aliphatic heterocycles. The monoisotopic (exact) mass is 435 g/mol. The lowest BCUT2D eigenvalue weighted by atomic mass is 10.1. The molecule has 170 valence electrons. The smallest absolute Gasteiger partial charge is 0.191 e. The molecule has 0 atom stereocenters. The molecule has 0 unspecified atom stereocenters. The van der Waals surface area contributed by atoms with Crippen LogP contribution in [0.4, 0.5) is 0 Å². The summed E-state index contributed by atoms with van der Waals surface area (Å²) in [5.74, 6) is 1.62. The van der Waals surface area contributed by atoms with Crippen molar-refractivity contribution >= 4 is 5.96 Å². The Hall–Kier alpha value is -3.32. The standard InChI is InChI=1S/C25H33N5O2/c1-4-26-25(28-18-22-11-10-20(2)16-24(22)32-15-14-31-3)27-17-21-8-5-6-9-23(21)19-30-13-7-12-29-30/h5-13,16H,4,14-15,17-19H2,1-3H3,(H2,26,27,28). The van der Waals surface area contributed by atoms with Crippen LogP contribution in [0.5, 0.6) is 5.75 Å². The van der Waals surface area contributed by atoms with Gasteiger partial charge in [-0.1, -0.05) is 36.4 Å². The molecule has 0 fully saturated rings. The predicted molar refractivity (Wildman–Crippen MR) is 128 cm³/mol. The number of aromatic nitrogens is 2. The molecule has 0 spiro atoms. The summed E-state index contributed by atoms with van der Waals surface area (Å²) in [7, 11) is 1.67. The molecule has 32 heavy (non-hydrogen) atoms.